The van der Waals surface area contributed by atoms with Crippen LogP contribution in [0.15, 0.2) is 60.1 Å². The van der Waals surface area contributed by atoms with Crippen molar-refractivity contribution in [2.24, 2.45) is 0 Å². The summed E-state index contributed by atoms with van der Waals surface area (Å²) in [6.07, 6.45) is 1.68. The van der Waals surface area contributed by atoms with E-state index >= 15 is 0 Å². The van der Waals surface area contributed by atoms with Crippen molar-refractivity contribution in [3.05, 3.63) is 65.7 Å². The zero-order chi connectivity index (χ0) is 21.8. The van der Waals surface area contributed by atoms with Crippen molar-refractivity contribution < 1.29 is 19.0 Å². The summed E-state index contributed by atoms with van der Waals surface area (Å²) < 4.78 is 16.8. The van der Waals surface area contributed by atoms with Gasteiger partial charge in [0.1, 0.15) is 11.5 Å². The van der Waals surface area contributed by atoms with Crippen molar-refractivity contribution in [1.29, 1.82) is 0 Å². The van der Waals surface area contributed by atoms with E-state index in [-0.39, 0.29) is 6.03 Å². The third kappa shape index (κ3) is 4.54. The van der Waals surface area contributed by atoms with Crippen LogP contribution in [0.2, 0.25) is 0 Å². The molecule has 4 aromatic rings. The molecule has 0 aliphatic rings. The molecule has 4 rings (SSSR count). The van der Waals surface area contributed by atoms with Crippen LogP contribution in [0, 0.1) is 6.92 Å². The number of aryl methyl sites for hydroxylation is 1. The first-order valence-corrected chi connectivity index (χ1v) is 10.4. The molecule has 0 fully saturated rings. The van der Waals surface area contributed by atoms with E-state index in [2.05, 4.69) is 15.6 Å². The molecule has 158 valence electrons. The van der Waals surface area contributed by atoms with Crippen molar-refractivity contribution >= 4 is 39.0 Å². The number of amides is 2. The van der Waals surface area contributed by atoms with Gasteiger partial charge in [-0.2, -0.15) is 0 Å². The quantitative estimate of drug-likeness (QED) is 0.385. The topological polar surface area (TPSA) is 81.7 Å². The molecule has 2 amide bonds. The molecule has 0 spiro atoms. The first-order valence-electron chi connectivity index (χ1n) is 9.48. The van der Waals surface area contributed by atoms with Gasteiger partial charge in [0.15, 0.2) is 11.5 Å². The van der Waals surface area contributed by atoms with Gasteiger partial charge in [0, 0.05) is 23.3 Å². The van der Waals surface area contributed by atoms with Gasteiger partial charge in [-0.05, 0) is 60.3 Å². The van der Waals surface area contributed by atoms with Gasteiger partial charge in [0.25, 0.3) is 0 Å². The number of hydrogen-bond donors (Lipinski definition) is 2. The maximum Gasteiger partial charge on any atom is 0.324 e. The minimum atomic E-state index is -0.291. The highest BCUT2D eigenvalue weighted by atomic mass is 32.1. The Labute approximate surface area is 183 Å². The summed E-state index contributed by atoms with van der Waals surface area (Å²) in [5, 5.41) is 9.22. The van der Waals surface area contributed by atoms with Crippen LogP contribution in [0.25, 0.3) is 10.9 Å². The van der Waals surface area contributed by atoms with E-state index in [1.165, 1.54) is 11.3 Å². The number of methoxy groups -OCH3 is 2. The highest BCUT2D eigenvalue weighted by Crippen LogP contribution is 2.37. The Morgan fingerprint density at radius 1 is 0.935 bits per heavy atom. The zero-order valence-electron chi connectivity index (χ0n) is 17.3. The number of carbonyl (C=O) groups excluding carboxylic acids is 1. The fourth-order valence-electron chi connectivity index (χ4n) is 3.04. The molecule has 0 aliphatic heterocycles. The van der Waals surface area contributed by atoms with Crippen LogP contribution in [0.1, 0.15) is 5.56 Å². The number of aromatic nitrogens is 1. The molecular formula is C23H21N3O4S. The second-order valence-corrected chi connectivity index (χ2v) is 7.59. The number of rotatable bonds is 6. The predicted molar refractivity (Wildman–Crippen MR) is 123 cm³/mol. The Bertz CT molecular complexity index is 1220. The molecule has 0 atom stereocenters. The number of urea groups is 1. The summed E-state index contributed by atoms with van der Waals surface area (Å²) in [7, 11) is 3.17. The van der Waals surface area contributed by atoms with Crippen molar-refractivity contribution in [2.75, 3.05) is 24.9 Å². The molecule has 2 heterocycles. The normalized spacial score (nSPS) is 10.5. The lowest BCUT2D eigenvalue weighted by molar-refractivity contribution is 0.262. The lowest BCUT2D eigenvalue weighted by Crippen LogP contribution is -2.19. The standard InChI is InChI=1S/C23H21N3O4S/c1-14-9-11-31-22(14)26-23(27)25-15-4-6-16(7-5-15)30-19-8-10-24-18-13-21(29-3)20(28-2)12-17(18)19/h4-13H,1-3H3,(H2,25,26,27). The Morgan fingerprint density at radius 3 is 2.35 bits per heavy atom. The average molecular weight is 436 g/mol. The Hall–Kier alpha value is -3.78. The third-order valence-electron chi connectivity index (χ3n) is 4.64. The number of anilines is 2. The van der Waals surface area contributed by atoms with Crippen LogP contribution in [-0.4, -0.2) is 25.2 Å². The van der Waals surface area contributed by atoms with Gasteiger partial charge in [-0.25, -0.2) is 4.79 Å². The van der Waals surface area contributed by atoms with Crippen LogP contribution in [-0.2, 0) is 0 Å². The third-order valence-corrected chi connectivity index (χ3v) is 5.57. The van der Waals surface area contributed by atoms with E-state index in [1.807, 2.05) is 30.5 Å². The number of carbonyl (C=O) groups is 1. The summed E-state index contributed by atoms with van der Waals surface area (Å²) in [5.41, 5.74) is 2.42. The molecule has 0 bridgehead atoms. The Balaban J connectivity index is 1.49. The molecule has 2 N–H and O–H groups in total. The second kappa shape index (κ2) is 8.93. The highest BCUT2D eigenvalue weighted by molar-refractivity contribution is 7.14. The van der Waals surface area contributed by atoms with Crippen molar-refractivity contribution in [1.82, 2.24) is 4.98 Å². The molecule has 0 unspecified atom stereocenters. The van der Waals surface area contributed by atoms with Crippen LogP contribution in [0.5, 0.6) is 23.0 Å². The number of benzene rings is 2. The summed E-state index contributed by atoms with van der Waals surface area (Å²) in [6.45, 7) is 1.95. The Kier molecular flexibility index (Phi) is 5.90. The molecule has 0 radical (unpaired) electrons. The van der Waals surface area contributed by atoms with E-state index in [9.17, 15) is 4.79 Å². The number of thiophene rings is 1. The molecule has 0 saturated carbocycles. The fraction of sp³-hybridized carbons (Fsp3) is 0.130. The van der Waals surface area contributed by atoms with Crippen LogP contribution < -0.4 is 24.8 Å². The summed E-state index contributed by atoms with van der Waals surface area (Å²) in [5.74, 6) is 2.46. The summed E-state index contributed by atoms with van der Waals surface area (Å²) in [4.78, 5) is 16.6. The minimum absolute atomic E-state index is 0.291. The first kappa shape index (κ1) is 20.5. The summed E-state index contributed by atoms with van der Waals surface area (Å²) in [6, 6.07) is 14.2. The van der Waals surface area contributed by atoms with Gasteiger partial charge in [-0.3, -0.25) is 10.3 Å². The van der Waals surface area contributed by atoms with Crippen molar-refractivity contribution in [3.63, 3.8) is 0 Å². The lowest BCUT2D eigenvalue weighted by atomic mass is 10.2. The van der Waals surface area contributed by atoms with Crippen LogP contribution in [0.4, 0.5) is 15.5 Å². The summed E-state index contributed by atoms with van der Waals surface area (Å²) >= 11 is 1.48. The van der Waals surface area contributed by atoms with Crippen molar-refractivity contribution in [3.8, 4) is 23.0 Å². The number of nitrogens with zero attached hydrogens (tertiary/aromatic N) is 1. The smallest absolute Gasteiger partial charge is 0.324 e. The predicted octanol–water partition coefficient (Wildman–Crippen LogP) is 6.06. The van der Waals surface area contributed by atoms with Gasteiger partial charge < -0.3 is 19.5 Å². The van der Waals surface area contributed by atoms with Crippen molar-refractivity contribution in [2.45, 2.75) is 6.92 Å². The van der Waals surface area contributed by atoms with Gasteiger partial charge in [-0.1, -0.05) is 0 Å². The number of fused-ring (bicyclic) bond motifs is 1. The van der Waals surface area contributed by atoms with E-state index in [0.29, 0.717) is 28.7 Å². The second-order valence-electron chi connectivity index (χ2n) is 6.67. The molecule has 0 saturated heterocycles. The Morgan fingerprint density at radius 2 is 1.68 bits per heavy atom. The molecule has 8 heteroatoms. The monoisotopic (exact) mass is 435 g/mol. The lowest BCUT2D eigenvalue weighted by Gasteiger charge is -2.13. The number of pyridine rings is 1. The number of nitrogens with one attached hydrogen (secondary N) is 2. The van der Waals surface area contributed by atoms with Gasteiger partial charge in [0.2, 0.25) is 0 Å². The van der Waals surface area contributed by atoms with E-state index in [0.717, 1.165) is 21.5 Å². The minimum Gasteiger partial charge on any atom is -0.493 e. The SMILES string of the molecule is COc1cc2nccc(Oc3ccc(NC(=O)Nc4sccc4C)cc3)c2cc1OC. The maximum atomic E-state index is 12.2. The first-order chi connectivity index (χ1) is 15.1. The zero-order valence-corrected chi connectivity index (χ0v) is 18.1. The van der Waals surface area contributed by atoms with Gasteiger partial charge in [0.05, 0.1) is 24.7 Å². The van der Waals surface area contributed by atoms with E-state index < -0.39 is 0 Å². The largest absolute Gasteiger partial charge is 0.493 e. The molecule has 2 aromatic carbocycles. The average Bonchev–Trinajstić information content (AvgIpc) is 3.18. The van der Waals surface area contributed by atoms with Gasteiger partial charge >= 0.3 is 6.03 Å². The molecule has 7 nitrogen and oxygen atoms in total. The molecule has 0 aliphatic carbocycles. The maximum absolute atomic E-state index is 12.2. The number of ether oxygens (including phenoxy) is 3. The van der Waals surface area contributed by atoms with E-state index in [4.69, 9.17) is 14.2 Å². The van der Waals surface area contributed by atoms with Gasteiger partial charge in [-0.15, -0.1) is 11.3 Å². The molecular weight excluding hydrogens is 414 g/mol. The number of hydrogen-bond acceptors (Lipinski definition) is 6. The fourth-order valence-corrected chi connectivity index (χ4v) is 3.85. The molecule has 31 heavy (non-hydrogen) atoms. The van der Waals surface area contributed by atoms with Crippen LogP contribution in [0.3, 0.4) is 0 Å². The molecule has 2 aromatic heterocycles. The van der Waals surface area contributed by atoms with Crippen LogP contribution >= 0.6 is 11.3 Å². The van der Waals surface area contributed by atoms with E-state index in [1.54, 1.807) is 50.7 Å². The highest BCUT2D eigenvalue weighted by Gasteiger charge is 2.12.